The van der Waals surface area contributed by atoms with Gasteiger partial charge in [0.05, 0.1) is 6.04 Å². The van der Waals surface area contributed by atoms with Crippen molar-refractivity contribution in [2.75, 3.05) is 19.9 Å². The molecule has 2 aliphatic heterocycles. The van der Waals surface area contributed by atoms with Gasteiger partial charge in [0.15, 0.2) is 17.3 Å². The molecule has 4 heteroatoms. The number of ether oxygens (including phenoxy) is 2. The third kappa shape index (κ3) is 1.97. The lowest BCUT2D eigenvalue weighted by Gasteiger charge is -2.22. The van der Waals surface area contributed by atoms with Crippen molar-refractivity contribution in [1.29, 1.82) is 0 Å². The third-order valence-corrected chi connectivity index (χ3v) is 3.72. The van der Waals surface area contributed by atoms with Gasteiger partial charge in [-0.25, -0.2) is 0 Å². The Bertz CT molecular complexity index is 466. The van der Waals surface area contributed by atoms with Gasteiger partial charge in [-0.15, -0.1) is 0 Å². The Kier molecular flexibility index (Phi) is 2.96. The van der Waals surface area contributed by atoms with Crippen molar-refractivity contribution in [3.63, 3.8) is 0 Å². The molecule has 18 heavy (non-hydrogen) atoms. The molecule has 0 bridgehead atoms. The van der Waals surface area contributed by atoms with Crippen LogP contribution in [-0.2, 0) is 0 Å². The Labute approximate surface area is 106 Å². The highest BCUT2D eigenvalue weighted by molar-refractivity contribution is 6.00. The predicted octanol–water partition coefficient (Wildman–Crippen LogP) is 2.08. The molecule has 0 N–H and O–H groups in total. The summed E-state index contributed by atoms with van der Waals surface area (Å²) in [6.07, 6.45) is 2.39. The van der Waals surface area contributed by atoms with Gasteiger partial charge in [-0.2, -0.15) is 0 Å². The molecule has 0 amide bonds. The first-order valence-corrected chi connectivity index (χ1v) is 6.43. The van der Waals surface area contributed by atoms with Crippen LogP contribution in [-0.4, -0.2) is 36.6 Å². The van der Waals surface area contributed by atoms with Gasteiger partial charge in [-0.1, -0.05) is 0 Å². The number of Topliss-reactive ketones (excluding diaryl/α,β-unsaturated/α-hetero) is 1. The van der Waals surface area contributed by atoms with Gasteiger partial charge >= 0.3 is 0 Å². The number of carbonyl (C=O) groups excluding carboxylic acids is 1. The number of ketones is 1. The largest absolute Gasteiger partial charge is 0.454 e. The van der Waals surface area contributed by atoms with E-state index in [1.54, 1.807) is 6.07 Å². The second-order valence-corrected chi connectivity index (χ2v) is 4.85. The highest BCUT2D eigenvalue weighted by Crippen LogP contribution is 2.33. The van der Waals surface area contributed by atoms with Crippen molar-refractivity contribution in [3.05, 3.63) is 23.8 Å². The molecule has 4 nitrogen and oxygen atoms in total. The molecule has 2 aliphatic rings. The van der Waals surface area contributed by atoms with Crippen LogP contribution in [0.15, 0.2) is 18.2 Å². The summed E-state index contributed by atoms with van der Waals surface area (Å²) in [5.41, 5.74) is 0.707. The number of nitrogens with zero attached hydrogens (tertiary/aromatic N) is 1. The average molecular weight is 247 g/mol. The van der Waals surface area contributed by atoms with Crippen molar-refractivity contribution in [2.45, 2.75) is 25.8 Å². The lowest BCUT2D eigenvalue weighted by Crippen LogP contribution is -2.36. The molecule has 0 saturated carbocycles. The molecule has 1 atom stereocenters. The molecule has 1 aromatic carbocycles. The van der Waals surface area contributed by atoms with E-state index in [9.17, 15) is 4.79 Å². The average Bonchev–Trinajstić information content (AvgIpc) is 3.06. The van der Waals surface area contributed by atoms with E-state index in [1.807, 2.05) is 19.1 Å². The molecule has 1 fully saturated rings. The number of hydrogen-bond acceptors (Lipinski definition) is 4. The first kappa shape index (κ1) is 11.5. The highest BCUT2D eigenvalue weighted by atomic mass is 16.7. The second kappa shape index (κ2) is 4.61. The first-order valence-electron chi connectivity index (χ1n) is 6.43. The van der Waals surface area contributed by atoms with Crippen molar-refractivity contribution in [1.82, 2.24) is 4.90 Å². The van der Waals surface area contributed by atoms with Crippen LogP contribution in [0.1, 0.15) is 30.1 Å². The summed E-state index contributed by atoms with van der Waals surface area (Å²) in [4.78, 5) is 14.6. The topological polar surface area (TPSA) is 38.8 Å². The number of benzene rings is 1. The standard InChI is InChI=1S/C14H17NO3/c1-10(15-6-2-3-7-15)14(16)11-4-5-12-13(8-11)18-9-17-12/h4-5,8,10H,2-3,6-7,9H2,1H3. The van der Waals surface area contributed by atoms with E-state index >= 15 is 0 Å². The van der Waals surface area contributed by atoms with Gasteiger partial charge in [-0.3, -0.25) is 9.69 Å². The van der Waals surface area contributed by atoms with Gasteiger partial charge < -0.3 is 9.47 Å². The van der Waals surface area contributed by atoms with Gasteiger partial charge in [0.1, 0.15) is 0 Å². The molecule has 96 valence electrons. The van der Waals surface area contributed by atoms with Crippen molar-refractivity contribution < 1.29 is 14.3 Å². The molecule has 0 aliphatic carbocycles. The van der Waals surface area contributed by atoms with E-state index in [0.717, 1.165) is 18.8 Å². The van der Waals surface area contributed by atoms with Crippen LogP contribution >= 0.6 is 0 Å². The number of likely N-dealkylation sites (tertiary alicyclic amines) is 1. The minimum Gasteiger partial charge on any atom is -0.454 e. The Morgan fingerprint density at radius 2 is 1.94 bits per heavy atom. The lowest BCUT2D eigenvalue weighted by molar-refractivity contribution is 0.0866. The van der Waals surface area contributed by atoms with E-state index in [-0.39, 0.29) is 18.6 Å². The number of carbonyl (C=O) groups is 1. The van der Waals surface area contributed by atoms with Crippen molar-refractivity contribution in [2.24, 2.45) is 0 Å². The molecular formula is C14H17NO3. The van der Waals surface area contributed by atoms with Crippen LogP contribution in [0, 0.1) is 0 Å². The Balaban J connectivity index is 1.79. The minimum absolute atomic E-state index is 0.0483. The molecule has 0 radical (unpaired) electrons. The van der Waals surface area contributed by atoms with E-state index in [2.05, 4.69) is 4.90 Å². The summed E-state index contributed by atoms with van der Waals surface area (Å²) < 4.78 is 10.6. The summed E-state index contributed by atoms with van der Waals surface area (Å²) in [5.74, 6) is 1.56. The summed E-state index contributed by atoms with van der Waals surface area (Å²) in [7, 11) is 0. The van der Waals surface area contributed by atoms with Crippen LogP contribution in [0.3, 0.4) is 0 Å². The summed E-state index contributed by atoms with van der Waals surface area (Å²) >= 11 is 0. The molecular weight excluding hydrogens is 230 g/mol. The van der Waals surface area contributed by atoms with E-state index in [0.29, 0.717) is 11.3 Å². The highest BCUT2D eigenvalue weighted by Gasteiger charge is 2.26. The van der Waals surface area contributed by atoms with E-state index in [1.165, 1.54) is 12.8 Å². The number of hydrogen-bond donors (Lipinski definition) is 0. The van der Waals surface area contributed by atoms with Crippen LogP contribution in [0.25, 0.3) is 0 Å². The number of fused-ring (bicyclic) bond motifs is 1. The summed E-state index contributed by atoms with van der Waals surface area (Å²) in [6, 6.07) is 5.37. The van der Waals surface area contributed by atoms with Crippen molar-refractivity contribution >= 4 is 5.78 Å². The molecule has 1 saturated heterocycles. The first-order chi connectivity index (χ1) is 8.75. The zero-order valence-corrected chi connectivity index (χ0v) is 10.5. The van der Waals surface area contributed by atoms with Crippen LogP contribution in [0.5, 0.6) is 11.5 Å². The molecule has 3 rings (SSSR count). The fraction of sp³-hybridized carbons (Fsp3) is 0.500. The Morgan fingerprint density at radius 1 is 1.22 bits per heavy atom. The van der Waals surface area contributed by atoms with Gasteiger partial charge in [0.2, 0.25) is 6.79 Å². The monoisotopic (exact) mass is 247 g/mol. The Hall–Kier alpha value is -1.55. The molecule has 2 heterocycles. The fourth-order valence-corrected chi connectivity index (χ4v) is 2.59. The van der Waals surface area contributed by atoms with Crippen LogP contribution in [0.4, 0.5) is 0 Å². The van der Waals surface area contributed by atoms with Crippen LogP contribution in [0.2, 0.25) is 0 Å². The quantitative estimate of drug-likeness (QED) is 0.767. The van der Waals surface area contributed by atoms with E-state index < -0.39 is 0 Å². The van der Waals surface area contributed by atoms with Crippen LogP contribution < -0.4 is 9.47 Å². The SMILES string of the molecule is CC(C(=O)c1ccc2c(c1)OCO2)N1CCCC1. The lowest BCUT2D eigenvalue weighted by atomic mass is 10.0. The predicted molar refractivity (Wildman–Crippen MR) is 67.2 cm³/mol. The van der Waals surface area contributed by atoms with Gasteiger partial charge in [-0.05, 0) is 51.1 Å². The smallest absolute Gasteiger partial charge is 0.231 e. The molecule has 0 aromatic heterocycles. The normalized spacial score (nSPS) is 20.1. The maximum absolute atomic E-state index is 12.4. The van der Waals surface area contributed by atoms with Crippen molar-refractivity contribution in [3.8, 4) is 11.5 Å². The maximum Gasteiger partial charge on any atom is 0.231 e. The zero-order chi connectivity index (χ0) is 12.5. The van der Waals surface area contributed by atoms with Gasteiger partial charge in [0.25, 0.3) is 0 Å². The zero-order valence-electron chi connectivity index (χ0n) is 10.5. The molecule has 1 aromatic rings. The number of rotatable bonds is 3. The van der Waals surface area contributed by atoms with E-state index in [4.69, 9.17) is 9.47 Å². The van der Waals surface area contributed by atoms with Gasteiger partial charge in [0, 0.05) is 5.56 Å². The second-order valence-electron chi connectivity index (χ2n) is 4.85. The summed E-state index contributed by atoms with van der Waals surface area (Å²) in [5, 5.41) is 0. The fourth-order valence-electron chi connectivity index (χ4n) is 2.59. The minimum atomic E-state index is -0.0483. The molecule has 0 spiro atoms. The maximum atomic E-state index is 12.4. The molecule has 1 unspecified atom stereocenters. The summed E-state index contributed by atoms with van der Waals surface area (Å²) in [6.45, 7) is 4.28. The Morgan fingerprint density at radius 3 is 2.72 bits per heavy atom. The third-order valence-electron chi connectivity index (χ3n) is 3.72.